The van der Waals surface area contributed by atoms with E-state index in [0.29, 0.717) is 31.8 Å². The van der Waals surface area contributed by atoms with E-state index >= 15 is 0 Å². The summed E-state index contributed by atoms with van der Waals surface area (Å²) in [5.41, 5.74) is -1.04. The molecule has 1 rings (SSSR count). The predicted octanol–water partition coefficient (Wildman–Crippen LogP) is 1.95. The maximum atomic E-state index is 11.9. The van der Waals surface area contributed by atoms with Gasteiger partial charge < -0.3 is 15.2 Å². The fraction of sp³-hybridized carbons (Fsp3) is 0.857. The Morgan fingerprint density at radius 1 is 1.32 bits per heavy atom. The van der Waals surface area contributed by atoms with Gasteiger partial charge in [-0.2, -0.15) is 0 Å². The van der Waals surface area contributed by atoms with Crippen LogP contribution in [0.2, 0.25) is 0 Å². The van der Waals surface area contributed by atoms with Gasteiger partial charge in [0.2, 0.25) is 5.91 Å². The summed E-state index contributed by atoms with van der Waals surface area (Å²) in [5.74, 6) is -0.510. The van der Waals surface area contributed by atoms with Crippen LogP contribution in [0.5, 0.6) is 0 Å². The molecule has 1 saturated carbocycles. The third-order valence-electron chi connectivity index (χ3n) is 3.92. The topological polar surface area (TPSA) is 75.6 Å². The quantitative estimate of drug-likeness (QED) is 0.694. The third kappa shape index (κ3) is 4.82. The first-order valence-corrected chi connectivity index (χ1v) is 7.03. The number of carbonyl (C=O) groups is 2. The second kappa shape index (κ2) is 7.48. The summed E-state index contributed by atoms with van der Waals surface area (Å²) in [7, 11) is 1.63. The van der Waals surface area contributed by atoms with Crippen molar-refractivity contribution in [3.8, 4) is 0 Å². The van der Waals surface area contributed by atoms with E-state index < -0.39 is 11.5 Å². The van der Waals surface area contributed by atoms with Gasteiger partial charge in [0.1, 0.15) is 5.54 Å². The number of hydrogen-bond acceptors (Lipinski definition) is 3. The lowest BCUT2D eigenvalue weighted by Crippen LogP contribution is -2.56. The number of amides is 1. The maximum Gasteiger partial charge on any atom is 0.329 e. The Hall–Kier alpha value is -1.10. The molecule has 1 fully saturated rings. The number of rotatable bonds is 7. The van der Waals surface area contributed by atoms with Crippen LogP contribution in [-0.4, -0.2) is 36.2 Å². The molecule has 0 unspecified atom stereocenters. The summed E-state index contributed by atoms with van der Waals surface area (Å²) >= 11 is 0. The lowest BCUT2D eigenvalue weighted by Gasteiger charge is -2.36. The zero-order valence-electron chi connectivity index (χ0n) is 11.9. The van der Waals surface area contributed by atoms with E-state index in [1.807, 2.05) is 0 Å². The number of unbranched alkanes of at least 4 members (excludes halogenated alkanes) is 1. The van der Waals surface area contributed by atoms with Crippen LogP contribution in [0.3, 0.4) is 0 Å². The molecule has 0 bridgehead atoms. The largest absolute Gasteiger partial charge is 0.480 e. The lowest BCUT2D eigenvalue weighted by atomic mass is 9.77. The van der Waals surface area contributed by atoms with Crippen LogP contribution in [0, 0.1) is 5.92 Å². The molecule has 1 amide bonds. The Morgan fingerprint density at radius 3 is 2.47 bits per heavy atom. The summed E-state index contributed by atoms with van der Waals surface area (Å²) in [6.07, 6.45) is 4.70. The predicted molar refractivity (Wildman–Crippen MR) is 71.9 cm³/mol. The average molecular weight is 271 g/mol. The highest BCUT2D eigenvalue weighted by atomic mass is 16.5. The molecule has 1 aliphatic carbocycles. The van der Waals surface area contributed by atoms with Crippen molar-refractivity contribution in [2.45, 2.75) is 57.4 Å². The van der Waals surface area contributed by atoms with Crippen molar-refractivity contribution in [2.24, 2.45) is 5.92 Å². The second-order valence-electron chi connectivity index (χ2n) is 5.57. The standard InChI is InChI=1S/C14H25NO4/c1-11-6-8-14(9-7-11,13(17)18)15-12(16)5-3-4-10-19-2/h11H,3-10H2,1-2H3,(H,15,16)(H,17,18). The fourth-order valence-electron chi connectivity index (χ4n) is 2.51. The monoisotopic (exact) mass is 271 g/mol. The molecular formula is C14H25NO4. The van der Waals surface area contributed by atoms with E-state index in [-0.39, 0.29) is 5.91 Å². The normalized spacial score (nSPS) is 26.9. The summed E-state index contributed by atoms with van der Waals surface area (Å²) in [6, 6.07) is 0. The van der Waals surface area contributed by atoms with Crippen molar-refractivity contribution >= 4 is 11.9 Å². The van der Waals surface area contributed by atoms with Gasteiger partial charge in [0.05, 0.1) is 0 Å². The molecule has 2 N–H and O–H groups in total. The molecule has 1 aliphatic rings. The minimum absolute atomic E-state index is 0.159. The highest BCUT2D eigenvalue weighted by Gasteiger charge is 2.42. The van der Waals surface area contributed by atoms with Crippen molar-refractivity contribution in [3.05, 3.63) is 0 Å². The first-order valence-electron chi connectivity index (χ1n) is 7.03. The number of ether oxygens (including phenoxy) is 1. The van der Waals surface area contributed by atoms with Gasteiger partial charge in [0.15, 0.2) is 0 Å². The van der Waals surface area contributed by atoms with Crippen LogP contribution in [0.1, 0.15) is 51.9 Å². The van der Waals surface area contributed by atoms with Gasteiger partial charge in [0.25, 0.3) is 0 Å². The molecule has 0 heterocycles. The Morgan fingerprint density at radius 2 is 1.95 bits per heavy atom. The van der Waals surface area contributed by atoms with Crippen LogP contribution in [0.4, 0.5) is 0 Å². The highest BCUT2D eigenvalue weighted by Crippen LogP contribution is 2.32. The average Bonchev–Trinajstić information content (AvgIpc) is 2.37. The van der Waals surface area contributed by atoms with E-state index in [1.54, 1.807) is 7.11 Å². The van der Waals surface area contributed by atoms with Crippen LogP contribution < -0.4 is 5.32 Å². The number of carbonyl (C=O) groups excluding carboxylic acids is 1. The molecule has 0 radical (unpaired) electrons. The Bertz CT molecular complexity index is 309. The van der Waals surface area contributed by atoms with Crippen LogP contribution in [-0.2, 0) is 14.3 Å². The molecule has 0 aromatic heterocycles. The van der Waals surface area contributed by atoms with E-state index in [4.69, 9.17) is 4.74 Å². The molecule has 0 aromatic carbocycles. The summed E-state index contributed by atoms with van der Waals surface area (Å²) in [6.45, 7) is 2.76. The van der Waals surface area contributed by atoms with Crippen molar-refractivity contribution in [2.75, 3.05) is 13.7 Å². The van der Waals surface area contributed by atoms with E-state index in [9.17, 15) is 14.7 Å². The minimum Gasteiger partial charge on any atom is -0.480 e. The Kier molecular flexibility index (Phi) is 6.28. The van der Waals surface area contributed by atoms with Gasteiger partial charge in [0, 0.05) is 20.1 Å². The number of hydrogen-bond donors (Lipinski definition) is 2. The summed E-state index contributed by atoms with van der Waals surface area (Å²) in [5, 5.41) is 12.1. The van der Waals surface area contributed by atoms with Crippen molar-refractivity contribution < 1.29 is 19.4 Å². The van der Waals surface area contributed by atoms with Crippen LogP contribution in [0.15, 0.2) is 0 Å². The smallest absolute Gasteiger partial charge is 0.329 e. The molecule has 0 aromatic rings. The van der Waals surface area contributed by atoms with Gasteiger partial charge in [-0.1, -0.05) is 6.92 Å². The number of nitrogens with one attached hydrogen (secondary N) is 1. The molecule has 0 aliphatic heterocycles. The van der Waals surface area contributed by atoms with Crippen molar-refractivity contribution in [1.82, 2.24) is 5.32 Å². The van der Waals surface area contributed by atoms with Gasteiger partial charge in [-0.15, -0.1) is 0 Å². The lowest BCUT2D eigenvalue weighted by molar-refractivity contribution is -0.149. The van der Waals surface area contributed by atoms with E-state index in [1.165, 1.54) is 0 Å². The van der Waals surface area contributed by atoms with Gasteiger partial charge in [-0.25, -0.2) is 4.79 Å². The zero-order valence-corrected chi connectivity index (χ0v) is 11.9. The van der Waals surface area contributed by atoms with Gasteiger partial charge in [-0.3, -0.25) is 4.79 Å². The molecule has 0 spiro atoms. The zero-order chi connectivity index (χ0) is 14.3. The van der Waals surface area contributed by atoms with Gasteiger partial charge >= 0.3 is 5.97 Å². The highest BCUT2D eigenvalue weighted by molar-refractivity contribution is 5.87. The van der Waals surface area contributed by atoms with Crippen LogP contribution >= 0.6 is 0 Å². The molecule has 0 atom stereocenters. The molecule has 0 saturated heterocycles. The third-order valence-corrected chi connectivity index (χ3v) is 3.92. The minimum atomic E-state index is -1.04. The Balaban J connectivity index is 2.45. The maximum absolute atomic E-state index is 11.9. The molecule has 19 heavy (non-hydrogen) atoms. The molecule has 110 valence electrons. The van der Waals surface area contributed by atoms with Crippen molar-refractivity contribution in [1.29, 1.82) is 0 Å². The Labute approximate surface area is 114 Å². The van der Waals surface area contributed by atoms with Crippen LogP contribution in [0.25, 0.3) is 0 Å². The number of aliphatic carboxylic acids is 1. The number of methoxy groups -OCH3 is 1. The first-order chi connectivity index (χ1) is 9.00. The second-order valence-corrected chi connectivity index (χ2v) is 5.57. The number of carboxylic acid groups (broad SMARTS) is 1. The summed E-state index contributed by atoms with van der Waals surface area (Å²) in [4.78, 5) is 23.3. The number of carboxylic acids is 1. The van der Waals surface area contributed by atoms with Crippen molar-refractivity contribution in [3.63, 3.8) is 0 Å². The first kappa shape index (κ1) is 16.0. The molecule has 5 nitrogen and oxygen atoms in total. The molecular weight excluding hydrogens is 246 g/mol. The summed E-state index contributed by atoms with van der Waals surface area (Å²) < 4.78 is 4.92. The van der Waals surface area contributed by atoms with E-state index in [0.717, 1.165) is 25.7 Å². The van der Waals surface area contributed by atoms with Gasteiger partial charge in [-0.05, 0) is 44.4 Å². The van der Waals surface area contributed by atoms with E-state index in [2.05, 4.69) is 12.2 Å². The SMILES string of the molecule is COCCCCC(=O)NC1(C(=O)O)CCC(C)CC1. The fourth-order valence-corrected chi connectivity index (χ4v) is 2.51. The molecule has 5 heteroatoms.